The Labute approximate surface area is 146 Å². The number of carbonyl (C=O) groups excluding carboxylic acids is 1. The Morgan fingerprint density at radius 3 is 2.50 bits per heavy atom. The number of nitrogens with zero attached hydrogens (tertiary/aromatic N) is 2. The van der Waals surface area contributed by atoms with Crippen molar-refractivity contribution in [1.82, 2.24) is 20.7 Å². The Morgan fingerprint density at radius 1 is 1.12 bits per heavy atom. The van der Waals surface area contributed by atoms with E-state index in [-0.39, 0.29) is 5.91 Å². The van der Waals surface area contributed by atoms with E-state index in [0.29, 0.717) is 6.04 Å². The second kappa shape index (κ2) is 11.2. The first kappa shape index (κ1) is 18.9. The molecule has 0 unspecified atom stereocenters. The second-order valence-corrected chi connectivity index (χ2v) is 6.64. The van der Waals surface area contributed by atoms with Gasteiger partial charge in [0, 0.05) is 43.6 Å². The summed E-state index contributed by atoms with van der Waals surface area (Å²) in [5, 5.41) is 0. The zero-order chi connectivity index (χ0) is 17.0. The van der Waals surface area contributed by atoms with Crippen LogP contribution in [-0.2, 0) is 0 Å². The molecule has 0 radical (unpaired) electrons. The fourth-order valence-corrected chi connectivity index (χ4v) is 3.11. The number of pyridine rings is 1. The lowest BCUT2D eigenvalue weighted by molar-refractivity contribution is 0.0700. The maximum absolute atomic E-state index is 12.4. The quantitative estimate of drug-likeness (QED) is 0.510. The Kier molecular flexibility index (Phi) is 8.77. The van der Waals surface area contributed by atoms with Gasteiger partial charge in [0.2, 0.25) is 0 Å². The van der Waals surface area contributed by atoms with E-state index in [9.17, 15) is 4.79 Å². The first-order valence-electron chi connectivity index (χ1n) is 9.49. The Bertz CT molecular complexity index is 458. The van der Waals surface area contributed by atoms with Gasteiger partial charge in [0.25, 0.3) is 5.91 Å². The van der Waals surface area contributed by atoms with E-state index < -0.39 is 0 Å². The zero-order valence-electron chi connectivity index (χ0n) is 15.0. The molecule has 0 spiro atoms. The van der Waals surface area contributed by atoms with Gasteiger partial charge in [-0.1, -0.05) is 39.0 Å². The van der Waals surface area contributed by atoms with Crippen LogP contribution in [0.4, 0.5) is 0 Å². The average molecular weight is 332 g/mol. The number of hydrazine groups is 1. The predicted octanol–water partition coefficient (Wildman–Crippen LogP) is 3.14. The highest BCUT2D eigenvalue weighted by molar-refractivity contribution is 5.94. The molecule has 24 heavy (non-hydrogen) atoms. The summed E-state index contributed by atoms with van der Waals surface area (Å²) in [6.45, 7) is 4.92. The number of nitrogens with one attached hydrogen (secondary N) is 2. The average Bonchev–Trinajstić information content (AvgIpc) is 2.64. The van der Waals surface area contributed by atoms with Gasteiger partial charge in [-0.25, -0.2) is 0 Å². The first-order valence-corrected chi connectivity index (χ1v) is 9.49. The molecule has 5 heteroatoms. The van der Waals surface area contributed by atoms with E-state index in [0.717, 1.165) is 38.0 Å². The minimum atomic E-state index is 0.121. The van der Waals surface area contributed by atoms with Crippen molar-refractivity contribution in [3.8, 4) is 0 Å². The maximum Gasteiger partial charge on any atom is 0.253 e. The van der Waals surface area contributed by atoms with Gasteiger partial charge in [0.1, 0.15) is 0 Å². The summed E-state index contributed by atoms with van der Waals surface area (Å²) in [5.41, 5.74) is 7.52. The molecule has 5 nitrogen and oxygen atoms in total. The van der Waals surface area contributed by atoms with Crippen molar-refractivity contribution in [3.05, 3.63) is 30.1 Å². The van der Waals surface area contributed by atoms with Crippen LogP contribution in [-0.4, -0.2) is 41.5 Å². The highest BCUT2D eigenvalue weighted by Crippen LogP contribution is 2.13. The summed E-state index contributed by atoms with van der Waals surface area (Å²) in [5.74, 6) is 0.121. The monoisotopic (exact) mass is 332 g/mol. The summed E-state index contributed by atoms with van der Waals surface area (Å²) in [6.07, 6.45) is 13.3. The number of hydrogen-bond acceptors (Lipinski definition) is 4. The molecule has 1 fully saturated rings. The van der Waals surface area contributed by atoms with Gasteiger partial charge < -0.3 is 4.90 Å². The largest absolute Gasteiger partial charge is 0.339 e. The first-order chi connectivity index (χ1) is 11.8. The van der Waals surface area contributed by atoms with Gasteiger partial charge in [0.15, 0.2) is 0 Å². The summed E-state index contributed by atoms with van der Waals surface area (Å²) in [4.78, 5) is 18.3. The number of hydrogen-bond donors (Lipinski definition) is 2. The van der Waals surface area contributed by atoms with Crippen molar-refractivity contribution in [2.75, 3.05) is 19.6 Å². The molecule has 0 saturated carbocycles. The molecule has 1 aliphatic heterocycles. The van der Waals surface area contributed by atoms with Crippen LogP contribution in [0, 0.1) is 0 Å². The second-order valence-electron chi connectivity index (χ2n) is 6.64. The molecule has 1 saturated heterocycles. The van der Waals surface area contributed by atoms with Crippen molar-refractivity contribution in [2.24, 2.45) is 0 Å². The highest BCUT2D eigenvalue weighted by atomic mass is 16.2. The standard InChI is InChI=1S/C19H32N4O/c1-2-3-4-5-6-7-12-21-22-18-10-15-23(16-11-18)19(24)17-8-13-20-14-9-17/h8-9,13-14,18,21-22H,2-7,10-12,15-16H2,1H3. The third-order valence-electron chi connectivity index (χ3n) is 4.67. The maximum atomic E-state index is 12.4. The Balaban J connectivity index is 1.54. The minimum absolute atomic E-state index is 0.121. The summed E-state index contributed by atoms with van der Waals surface area (Å²) < 4.78 is 0. The molecule has 2 heterocycles. The number of likely N-dealkylation sites (tertiary alicyclic amines) is 1. The van der Waals surface area contributed by atoms with Gasteiger partial charge in [-0.15, -0.1) is 0 Å². The number of piperidine rings is 1. The molecule has 1 aromatic rings. The molecular weight excluding hydrogens is 300 g/mol. The normalized spacial score (nSPS) is 15.6. The molecule has 1 amide bonds. The molecular formula is C19H32N4O. The van der Waals surface area contributed by atoms with E-state index in [2.05, 4.69) is 22.8 Å². The SMILES string of the molecule is CCCCCCCCNNC1CCN(C(=O)c2ccncc2)CC1. The highest BCUT2D eigenvalue weighted by Gasteiger charge is 2.23. The number of aromatic nitrogens is 1. The number of unbranched alkanes of at least 4 members (excludes halogenated alkanes) is 5. The lowest BCUT2D eigenvalue weighted by atomic mass is 10.0. The summed E-state index contributed by atoms with van der Waals surface area (Å²) >= 11 is 0. The van der Waals surface area contributed by atoms with Crippen molar-refractivity contribution >= 4 is 5.91 Å². The Hall–Kier alpha value is -1.46. The van der Waals surface area contributed by atoms with Crippen molar-refractivity contribution in [3.63, 3.8) is 0 Å². The number of rotatable bonds is 10. The van der Waals surface area contributed by atoms with Gasteiger partial charge >= 0.3 is 0 Å². The van der Waals surface area contributed by atoms with Gasteiger partial charge in [-0.2, -0.15) is 0 Å². The van der Waals surface area contributed by atoms with Gasteiger partial charge in [-0.05, 0) is 31.4 Å². The fraction of sp³-hybridized carbons (Fsp3) is 0.684. The predicted molar refractivity (Wildman–Crippen MR) is 97.7 cm³/mol. The van der Waals surface area contributed by atoms with E-state index in [1.807, 2.05) is 4.90 Å². The van der Waals surface area contributed by atoms with Crippen LogP contribution in [0.15, 0.2) is 24.5 Å². The van der Waals surface area contributed by atoms with Crippen LogP contribution in [0.5, 0.6) is 0 Å². The summed E-state index contributed by atoms with van der Waals surface area (Å²) in [6, 6.07) is 4.04. The van der Waals surface area contributed by atoms with E-state index in [4.69, 9.17) is 0 Å². The molecule has 1 aliphatic rings. The zero-order valence-corrected chi connectivity index (χ0v) is 15.0. The molecule has 1 aromatic heterocycles. The fourth-order valence-electron chi connectivity index (χ4n) is 3.11. The lowest BCUT2D eigenvalue weighted by Gasteiger charge is -2.32. The van der Waals surface area contributed by atoms with Gasteiger partial charge in [0.05, 0.1) is 0 Å². The van der Waals surface area contributed by atoms with Gasteiger partial charge in [-0.3, -0.25) is 20.6 Å². The molecule has 2 rings (SSSR count). The molecule has 0 aromatic carbocycles. The molecule has 2 N–H and O–H groups in total. The van der Waals surface area contributed by atoms with Crippen LogP contribution < -0.4 is 10.9 Å². The minimum Gasteiger partial charge on any atom is -0.339 e. The van der Waals surface area contributed by atoms with Crippen LogP contribution in [0.1, 0.15) is 68.6 Å². The summed E-state index contributed by atoms with van der Waals surface area (Å²) in [7, 11) is 0. The van der Waals surface area contributed by atoms with E-state index in [1.54, 1.807) is 24.5 Å². The van der Waals surface area contributed by atoms with E-state index >= 15 is 0 Å². The molecule has 0 bridgehead atoms. The smallest absolute Gasteiger partial charge is 0.253 e. The van der Waals surface area contributed by atoms with Crippen molar-refractivity contribution < 1.29 is 4.79 Å². The van der Waals surface area contributed by atoms with Crippen LogP contribution in [0.2, 0.25) is 0 Å². The molecule has 0 atom stereocenters. The molecule has 134 valence electrons. The third kappa shape index (κ3) is 6.57. The van der Waals surface area contributed by atoms with E-state index in [1.165, 1.54) is 38.5 Å². The van der Waals surface area contributed by atoms with Crippen molar-refractivity contribution in [2.45, 2.75) is 64.3 Å². The topological polar surface area (TPSA) is 57.3 Å². The third-order valence-corrected chi connectivity index (χ3v) is 4.67. The lowest BCUT2D eigenvalue weighted by Crippen LogP contribution is -2.49. The number of amides is 1. The molecule has 0 aliphatic carbocycles. The number of carbonyl (C=O) groups is 1. The van der Waals surface area contributed by atoms with Crippen LogP contribution in [0.25, 0.3) is 0 Å². The van der Waals surface area contributed by atoms with Crippen molar-refractivity contribution in [1.29, 1.82) is 0 Å². The van der Waals surface area contributed by atoms with Crippen LogP contribution >= 0.6 is 0 Å². The van der Waals surface area contributed by atoms with Crippen LogP contribution in [0.3, 0.4) is 0 Å². The Morgan fingerprint density at radius 2 is 1.79 bits per heavy atom.